The van der Waals surface area contributed by atoms with Gasteiger partial charge in [-0.05, 0) is 113 Å². The molecule has 2 spiro atoms. The average Bonchev–Trinajstić information content (AvgIpc) is 3.92. The molecule has 0 fully saturated rings. The fourth-order valence-electron chi connectivity index (χ4n) is 12.2. The number of rotatable bonds is 2. The van der Waals surface area contributed by atoms with Gasteiger partial charge in [0.1, 0.15) is 11.5 Å². The molecule has 1 aliphatic heterocycles. The zero-order chi connectivity index (χ0) is 39.9. The molecule has 0 saturated carbocycles. The molecule has 0 amide bonds. The number of fused-ring (bicyclic) bond motifs is 21. The maximum Gasteiger partial charge on any atom is 0.140 e. The van der Waals surface area contributed by atoms with Crippen LogP contribution in [-0.2, 0) is 10.8 Å². The van der Waals surface area contributed by atoms with Gasteiger partial charge in [-0.1, -0.05) is 200 Å². The first-order chi connectivity index (χ1) is 30.3. The Hall–Kier alpha value is -7.74. The van der Waals surface area contributed by atoms with Crippen molar-refractivity contribution < 1.29 is 4.74 Å². The van der Waals surface area contributed by atoms with Gasteiger partial charge in [0.25, 0.3) is 0 Å². The lowest BCUT2D eigenvalue weighted by molar-refractivity contribution is 0.442. The lowest BCUT2D eigenvalue weighted by Crippen LogP contribution is -2.32. The SMILES string of the molecule is c1cc(-c2cccc3c2-c2ccccc2C32c3ccccc3-c3ccccc32)cc(-c2cc3c(c4ccccc24)Oc2ccccc2C32c3ccccc3-c3ccccc32)c1. The first kappa shape index (κ1) is 33.1. The summed E-state index contributed by atoms with van der Waals surface area (Å²) in [5.74, 6) is 1.84. The average molecular weight is 773 g/mol. The van der Waals surface area contributed by atoms with Crippen LogP contribution < -0.4 is 4.74 Å². The van der Waals surface area contributed by atoms with Crippen LogP contribution >= 0.6 is 0 Å². The number of benzene rings is 10. The molecule has 14 rings (SSSR count). The van der Waals surface area contributed by atoms with Gasteiger partial charge in [-0.25, -0.2) is 0 Å². The minimum atomic E-state index is -0.556. The highest BCUT2D eigenvalue weighted by molar-refractivity contribution is 6.05. The highest BCUT2D eigenvalue weighted by atomic mass is 16.5. The van der Waals surface area contributed by atoms with Crippen molar-refractivity contribution in [3.63, 3.8) is 0 Å². The van der Waals surface area contributed by atoms with Crippen molar-refractivity contribution in [3.05, 3.63) is 263 Å². The summed E-state index contributed by atoms with van der Waals surface area (Å²) in [6.07, 6.45) is 0. The molecule has 0 N–H and O–H groups in total. The van der Waals surface area contributed by atoms with Gasteiger partial charge in [-0.2, -0.15) is 0 Å². The number of ether oxygens (including phenoxy) is 1. The zero-order valence-electron chi connectivity index (χ0n) is 33.2. The molecule has 10 aromatic rings. The first-order valence-corrected chi connectivity index (χ1v) is 21.3. The van der Waals surface area contributed by atoms with Gasteiger partial charge in [-0.3, -0.25) is 0 Å². The maximum atomic E-state index is 7.07. The van der Waals surface area contributed by atoms with Crippen molar-refractivity contribution in [2.75, 3.05) is 0 Å². The lowest BCUT2D eigenvalue weighted by atomic mass is 9.65. The molecule has 1 heterocycles. The summed E-state index contributed by atoms with van der Waals surface area (Å²) in [4.78, 5) is 0. The second-order valence-electron chi connectivity index (χ2n) is 17.0. The Balaban J connectivity index is 1.03. The van der Waals surface area contributed by atoms with Crippen LogP contribution in [0.4, 0.5) is 0 Å². The molecule has 282 valence electrons. The molecule has 0 saturated heterocycles. The van der Waals surface area contributed by atoms with Gasteiger partial charge >= 0.3 is 0 Å². The summed E-state index contributed by atoms with van der Waals surface area (Å²) in [5.41, 5.74) is 22.1. The van der Waals surface area contributed by atoms with Crippen molar-refractivity contribution in [1.29, 1.82) is 0 Å². The molecule has 1 nitrogen and oxygen atoms in total. The number of hydrogen-bond acceptors (Lipinski definition) is 1. The first-order valence-electron chi connectivity index (χ1n) is 21.3. The lowest BCUT2D eigenvalue weighted by Gasteiger charge is -2.40. The van der Waals surface area contributed by atoms with Crippen LogP contribution in [-0.4, -0.2) is 0 Å². The highest BCUT2D eigenvalue weighted by Gasteiger charge is 2.53. The van der Waals surface area contributed by atoms with E-state index in [0.29, 0.717) is 0 Å². The van der Waals surface area contributed by atoms with E-state index in [1.54, 1.807) is 0 Å². The van der Waals surface area contributed by atoms with E-state index in [1.807, 2.05) is 0 Å². The van der Waals surface area contributed by atoms with Crippen LogP contribution in [0.5, 0.6) is 11.5 Å². The fourth-order valence-corrected chi connectivity index (χ4v) is 12.2. The topological polar surface area (TPSA) is 9.23 Å². The quantitative estimate of drug-likeness (QED) is 0.170. The Morgan fingerprint density at radius 2 is 0.672 bits per heavy atom. The number of hydrogen-bond donors (Lipinski definition) is 0. The van der Waals surface area contributed by atoms with E-state index >= 15 is 0 Å². The summed E-state index contributed by atoms with van der Waals surface area (Å²) in [6, 6.07) is 81.4. The normalized spacial score (nSPS) is 14.6. The van der Waals surface area contributed by atoms with E-state index < -0.39 is 5.41 Å². The third kappa shape index (κ3) is 4.02. The largest absolute Gasteiger partial charge is 0.456 e. The minimum absolute atomic E-state index is 0.389. The van der Waals surface area contributed by atoms with Gasteiger partial charge in [0.05, 0.1) is 10.8 Å². The molecule has 0 radical (unpaired) electrons. The van der Waals surface area contributed by atoms with Gasteiger partial charge < -0.3 is 4.74 Å². The Bertz CT molecular complexity index is 3440. The summed E-state index contributed by atoms with van der Waals surface area (Å²) < 4.78 is 7.07. The van der Waals surface area contributed by atoms with Gasteiger partial charge in [0, 0.05) is 16.5 Å². The number of para-hydroxylation sites is 1. The van der Waals surface area contributed by atoms with Crippen molar-refractivity contribution >= 4 is 10.8 Å². The van der Waals surface area contributed by atoms with Crippen LogP contribution in [0.3, 0.4) is 0 Å². The van der Waals surface area contributed by atoms with E-state index in [0.717, 1.165) is 16.9 Å². The van der Waals surface area contributed by atoms with Crippen LogP contribution in [0.25, 0.3) is 66.4 Å². The predicted molar refractivity (Wildman–Crippen MR) is 248 cm³/mol. The smallest absolute Gasteiger partial charge is 0.140 e. The molecule has 0 atom stereocenters. The van der Waals surface area contributed by atoms with Crippen molar-refractivity contribution in [3.8, 4) is 67.1 Å². The third-order valence-corrected chi connectivity index (χ3v) is 14.4. The molecule has 1 heteroatoms. The van der Waals surface area contributed by atoms with E-state index in [9.17, 15) is 0 Å². The van der Waals surface area contributed by atoms with Gasteiger partial charge in [0.2, 0.25) is 0 Å². The van der Waals surface area contributed by atoms with E-state index in [2.05, 4.69) is 218 Å². The molecular formula is C60H36O. The van der Waals surface area contributed by atoms with Crippen LogP contribution in [0.1, 0.15) is 44.5 Å². The minimum Gasteiger partial charge on any atom is -0.456 e. The Morgan fingerprint density at radius 1 is 0.262 bits per heavy atom. The molecule has 0 unspecified atom stereocenters. The third-order valence-electron chi connectivity index (χ3n) is 14.4. The predicted octanol–water partition coefficient (Wildman–Crippen LogP) is 15.0. The molecule has 0 bridgehead atoms. The van der Waals surface area contributed by atoms with Gasteiger partial charge in [0.15, 0.2) is 0 Å². The molecule has 10 aromatic carbocycles. The van der Waals surface area contributed by atoms with E-state index in [4.69, 9.17) is 4.74 Å². The molecule has 4 aliphatic rings. The second kappa shape index (κ2) is 11.9. The monoisotopic (exact) mass is 772 g/mol. The summed E-state index contributed by atoms with van der Waals surface area (Å²) in [7, 11) is 0. The Labute approximate surface area is 354 Å². The summed E-state index contributed by atoms with van der Waals surface area (Å²) in [6.45, 7) is 0. The van der Waals surface area contributed by atoms with Crippen molar-refractivity contribution in [1.82, 2.24) is 0 Å². The zero-order valence-corrected chi connectivity index (χ0v) is 33.2. The highest BCUT2D eigenvalue weighted by Crippen LogP contribution is 2.65. The van der Waals surface area contributed by atoms with Crippen LogP contribution in [0, 0.1) is 0 Å². The van der Waals surface area contributed by atoms with E-state index in [1.165, 1.54) is 106 Å². The second-order valence-corrected chi connectivity index (χ2v) is 17.0. The van der Waals surface area contributed by atoms with Crippen LogP contribution in [0.15, 0.2) is 218 Å². The van der Waals surface area contributed by atoms with Gasteiger partial charge in [-0.15, -0.1) is 0 Å². The molecule has 0 aromatic heterocycles. The fraction of sp³-hybridized carbons (Fsp3) is 0.0333. The Morgan fingerprint density at radius 3 is 1.28 bits per heavy atom. The summed E-state index contributed by atoms with van der Waals surface area (Å²) >= 11 is 0. The van der Waals surface area contributed by atoms with Crippen molar-refractivity contribution in [2.45, 2.75) is 10.8 Å². The summed E-state index contributed by atoms with van der Waals surface area (Å²) in [5, 5.41) is 2.29. The Kier molecular flexibility index (Phi) is 6.48. The maximum absolute atomic E-state index is 7.07. The molecular weight excluding hydrogens is 737 g/mol. The molecule has 61 heavy (non-hydrogen) atoms. The molecule has 3 aliphatic carbocycles. The standard InChI is InChI=1S/C60H36O/c1-2-24-45-40(19-1)47(36-55-58(45)61-56-34-14-13-32-53(56)60(55)50-29-10-5-22-43(50)44-23-6-11-30-51(44)60)38-18-15-17-37(35-38)39-26-16-33-54-57(39)46-25-7-12-31-52(46)59(54)48-27-8-3-20-41(48)42-21-4-9-28-49(42)59/h1-36H. The van der Waals surface area contributed by atoms with E-state index in [-0.39, 0.29) is 5.41 Å². The van der Waals surface area contributed by atoms with Crippen LogP contribution in [0.2, 0.25) is 0 Å². The van der Waals surface area contributed by atoms with Crippen molar-refractivity contribution in [2.24, 2.45) is 0 Å².